The highest BCUT2D eigenvalue weighted by Crippen LogP contribution is 2.09. The topological polar surface area (TPSA) is 79.4 Å². The molecule has 0 aromatic heterocycles. The van der Waals surface area contributed by atoms with E-state index < -0.39 is 0 Å². The number of esters is 1. The van der Waals surface area contributed by atoms with Crippen molar-refractivity contribution >= 4 is 11.9 Å². The van der Waals surface area contributed by atoms with Crippen molar-refractivity contribution in [3.8, 4) is 0 Å². The molecular weight excluding hydrogens is 314 g/mol. The molecule has 0 fully saturated rings. The van der Waals surface area contributed by atoms with E-state index in [1.54, 1.807) is 11.9 Å². The predicted octanol–water partition coefficient (Wildman–Crippen LogP) is 4.61. The van der Waals surface area contributed by atoms with Crippen LogP contribution in [0.15, 0.2) is 12.2 Å². The first-order valence-electron chi connectivity index (χ1n) is 9.93. The lowest BCUT2D eigenvalue weighted by atomic mass is 10.1. The predicted molar refractivity (Wildman–Crippen MR) is 106 cm³/mol. The monoisotopic (exact) mass is 353 g/mol. The molecule has 3 N–H and O–H groups in total. The number of hydrogen-bond donors (Lipinski definition) is 2. The summed E-state index contributed by atoms with van der Waals surface area (Å²) in [7, 11) is 1.71. The van der Waals surface area contributed by atoms with Gasteiger partial charge in [0.05, 0.1) is 6.54 Å². The second-order valence-corrected chi connectivity index (χ2v) is 6.65. The van der Waals surface area contributed by atoms with Gasteiger partial charge in [-0.25, -0.2) is 0 Å². The Hall–Kier alpha value is -1.52. The van der Waals surface area contributed by atoms with Gasteiger partial charge in [-0.3, -0.25) is 10.2 Å². The lowest BCUT2D eigenvalue weighted by Gasteiger charge is -2.16. The van der Waals surface area contributed by atoms with Crippen molar-refractivity contribution in [3.63, 3.8) is 0 Å². The van der Waals surface area contributed by atoms with E-state index in [9.17, 15) is 4.79 Å². The van der Waals surface area contributed by atoms with Gasteiger partial charge >= 0.3 is 5.97 Å². The number of carbonyl (C=O) groups is 1. The second kappa shape index (κ2) is 17.3. The van der Waals surface area contributed by atoms with Crippen molar-refractivity contribution in [2.45, 2.75) is 84.0 Å². The number of carbonyl (C=O) groups excluding carboxylic acids is 1. The first kappa shape index (κ1) is 23.5. The first-order valence-corrected chi connectivity index (χ1v) is 9.93. The zero-order chi connectivity index (χ0) is 18.8. The Labute approximate surface area is 154 Å². The van der Waals surface area contributed by atoms with E-state index in [0.29, 0.717) is 19.6 Å². The SMILES string of the molecule is CCCCCC/C=C\CCCCCCCC(=O)OCCN(C)C(=N)N. The Balaban J connectivity index is 3.31. The van der Waals surface area contributed by atoms with Gasteiger partial charge in [0.1, 0.15) is 6.61 Å². The summed E-state index contributed by atoms with van der Waals surface area (Å²) in [6.45, 7) is 3.00. The van der Waals surface area contributed by atoms with Gasteiger partial charge in [0.25, 0.3) is 0 Å². The summed E-state index contributed by atoms with van der Waals surface area (Å²) >= 11 is 0. The molecule has 0 aliphatic rings. The molecule has 146 valence electrons. The number of likely N-dealkylation sites (N-methyl/N-ethyl adjacent to an activating group) is 1. The fourth-order valence-electron chi connectivity index (χ4n) is 2.48. The molecule has 5 nitrogen and oxygen atoms in total. The summed E-state index contributed by atoms with van der Waals surface area (Å²) in [5.41, 5.74) is 5.31. The molecule has 0 spiro atoms. The smallest absolute Gasteiger partial charge is 0.305 e. The van der Waals surface area contributed by atoms with Crippen LogP contribution in [0, 0.1) is 5.41 Å². The van der Waals surface area contributed by atoms with E-state index >= 15 is 0 Å². The molecule has 0 aliphatic carbocycles. The Kier molecular flexibility index (Phi) is 16.3. The Morgan fingerprint density at radius 3 is 2.16 bits per heavy atom. The number of nitrogens with two attached hydrogens (primary N) is 1. The maximum absolute atomic E-state index is 11.6. The van der Waals surface area contributed by atoms with E-state index in [1.165, 1.54) is 57.8 Å². The standard InChI is InChI=1S/C20H39N3O2/c1-3-4-5-6-7-8-9-10-11-12-13-14-15-16-19(24)25-18-17-23(2)20(21)22/h8-9H,3-7,10-18H2,1-2H3,(H3,21,22)/b9-8-. The van der Waals surface area contributed by atoms with Gasteiger partial charge < -0.3 is 15.4 Å². The van der Waals surface area contributed by atoms with E-state index in [4.69, 9.17) is 15.9 Å². The lowest BCUT2D eigenvalue weighted by Crippen LogP contribution is -2.35. The molecular formula is C20H39N3O2. The minimum absolute atomic E-state index is 0.0117. The molecule has 0 aromatic rings. The molecule has 0 heterocycles. The maximum Gasteiger partial charge on any atom is 0.305 e. The average Bonchev–Trinajstić information content (AvgIpc) is 2.58. The van der Waals surface area contributed by atoms with E-state index in [1.807, 2.05) is 0 Å². The van der Waals surface area contributed by atoms with Gasteiger partial charge in [0.15, 0.2) is 5.96 Å². The van der Waals surface area contributed by atoms with Gasteiger partial charge in [-0.1, -0.05) is 57.6 Å². The number of nitrogens with zero attached hydrogens (tertiary/aromatic N) is 1. The van der Waals surface area contributed by atoms with Crippen LogP contribution in [0.1, 0.15) is 84.0 Å². The highest BCUT2D eigenvalue weighted by atomic mass is 16.5. The van der Waals surface area contributed by atoms with Crippen LogP contribution in [0.3, 0.4) is 0 Å². The third-order valence-electron chi connectivity index (χ3n) is 4.24. The van der Waals surface area contributed by atoms with Crippen LogP contribution >= 0.6 is 0 Å². The highest BCUT2D eigenvalue weighted by Gasteiger charge is 2.04. The van der Waals surface area contributed by atoms with Gasteiger partial charge in [-0.05, 0) is 32.1 Å². The second-order valence-electron chi connectivity index (χ2n) is 6.65. The van der Waals surface area contributed by atoms with Crippen LogP contribution in [0.2, 0.25) is 0 Å². The molecule has 25 heavy (non-hydrogen) atoms. The van der Waals surface area contributed by atoms with Crippen molar-refractivity contribution in [2.24, 2.45) is 5.73 Å². The number of hydrogen-bond acceptors (Lipinski definition) is 3. The Morgan fingerprint density at radius 2 is 1.56 bits per heavy atom. The molecule has 0 unspecified atom stereocenters. The molecule has 0 bridgehead atoms. The van der Waals surface area contributed by atoms with Crippen LogP contribution in [-0.2, 0) is 9.53 Å². The van der Waals surface area contributed by atoms with E-state index in [-0.39, 0.29) is 11.9 Å². The van der Waals surface area contributed by atoms with Gasteiger partial charge in [-0.2, -0.15) is 0 Å². The molecule has 0 atom stereocenters. The molecule has 0 saturated carbocycles. The van der Waals surface area contributed by atoms with E-state index in [0.717, 1.165) is 12.8 Å². The summed E-state index contributed by atoms with van der Waals surface area (Å²) in [6.07, 6.45) is 18.5. The van der Waals surface area contributed by atoms with Gasteiger partial charge in [0, 0.05) is 13.5 Å². The van der Waals surface area contributed by atoms with Crippen molar-refractivity contribution in [2.75, 3.05) is 20.2 Å². The Bertz CT molecular complexity index is 370. The van der Waals surface area contributed by atoms with Crippen LogP contribution in [0.25, 0.3) is 0 Å². The number of unbranched alkanes of at least 4 members (excludes halogenated alkanes) is 9. The number of allylic oxidation sites excluding steroid dienone is 2. The number of rotatable bonds is 16. The van der Waals surface area contributed by atoms with Crippen molar-refractivity contribution < 1.29 is 9.53 Å². The van der Waals surface area contributed by atoms with Crippen LogP contribution in [0.5, 0.6) is 0 Å². The minimum Gasteiger partial charge on any atom is -0.464 e. The normalized spacial score (nSPS) is 11.0. The van der Waals surface area contributed by atoms with Crippen LogP contribution in [-0.4, -0.2) is 37.0 Å². The molecule has 0 aromatic carbocycles. The quantitative estimate of drug-likeness (QED) is 0.140. The fourth-order valence-corrected chi connectivity index (χ4v) is 2.48. The molecule has 0 saturated heterocycles. The Morgan fingerprint density at radius 1 is 1.00 bits per heavy atom. The average molecular weight is 354 g/mol. The zero-order valence-electron chi connectivity index (χ0n) is 16.4. The number of guanidine groups is 1. The van der Waals surface area contributed by atoms with Gasteiger partial charge in [0.2, 0.25) is 0 Å². The highest BCUT2D eigenvalue weighted by molar-refractivity contribution is 5.74. The van der Waals surface area contributed by atoms with Crippen molar-refractivity contribution in [1.29, 1.82) is 5.41 Å². The maximum atomic E-state index is 11.6. The summed E-state index contributed by atoms with van der Waals surface area (Å²) < 4.78 is 5.13. The largest absolute Gasteiger partial charge is 0.464 e. The van der Waals surface area contributed by atoms with E-state index in [2.05, 4.69) is 19.1 Å². The van der Waals surface area contributed by atoms with Gasteiger partial charge in [-0.15, -0.1) is 0 Å². The molecule has 5 heteroatoms. The summed E-state index contributed by atoms with van der Waals surface area (Å²) in [6, 6.07) is 0. The molecule has 0 rings (SSSR count). The molecule has 0 radical (unpaired) electrons. The third-order valence-corrected chi connectivity index (χ3v) is 4.24. The van der Waals surface area contributed by atoms with Crippen molar-refractivity contribution in [1.82, 2.24) is 4.90 Å². The molecule has 0 aliphatic heterocycles. The first-order chi connectivity index (χ1) is 12.1. The summed E-state index contributed by atoms with van der Waals surface area (Å²) in [5.74, 6) is -0.162. The fraction of sp³-hybridized carbons (Fsp3) is 0.800. The third kappa shape index (κ3) is 17.1. The van der Waals surface area contributed by atoms with Crippen LogP contribution < -0.4 is 5.73 Å². The van der Waals surface area contributed by atoms with Crippen LogP contribution in [0.4, 0.5) is 0 Å². The number of ether oxygens (including phenoxy) is 1. The zero-order valence-corrected chi connectivity index (χ0v) is 16.4. The summed E-state index contributed by atoms with van der Waals surface area (Å²) in [5, 5.41) is 7.21. The van der Waals surface area contributed by atoms with Crippen molar-refractivity contribution in [3.05, 3.63) is 12.2 Å². The minimum atomic E-state index is -0.150. The number of nitrogens with one attached hydrogen (secondary N) is 1. The summed E-state index contributed by atoms with van der Waals surface area (Å²) in [4.78, 5) is 13.1. The molecule has 0 amide bonds. The lowest BCUT2D eigenvalue weighted by molar-refractivity contribution is -0.143.